The topological polar surface area (TPSA) is 81.8 Å². The van der Waals surface area contributed by atoms with E-state index in [1.54, 1.807) is 6.08 Å². The van der Waals surface area contributed by atoms with Crippen LogP contribution in [0.15, 0.2) is 46.4 Å². The molecule has 22 heavy (non-hydrogen) atoms. The van der Waals surface area contributed by atoms with E-state index in [1.807, 2.05) is 17.5 Å². The molecule has 1 aliphatic rings. The van der Waals surface area contributed by atoms with Crippen LogP contribution in [0.1, 0.15) is 10.4 Å². The Hall–Kier alpha value is -2.51. The number of carbonyl (C=O) groups excluding carboxylic acids is 1. The Labute approximate surface area is 133 Å². The zero-order chi connectivity index (χ0) is 15.7. The van der Waals surface area contributed by atoms with Gasteiger partial charge in [-0.25, -0.2) is 9.79 Å². The third-order valence-corrected chi connectivity index (χ3v) is 3.97. The smallest absolute Gasteiger partial charge is 0.363 e. The van der Waals surface area contributed by atoms with E-state index in [9.17, 15) is 14.9 Å². The molecule has 0 saturated heterocycles. The Balaban J connectivity index is 1.98. The summed E-state index contributed by atoms with van der Waals surface area (Å²) in [4.78, 5) is 27.0. The quantitative estimate of drug-likeness (QED) is 0.371. The molecule has 1 aromatic carbocycles. The van der Waals surface area contributed by atoms with Crippen LogP contribution in [0.2, 0.25) is 5.02 Å². The SMILES string of the molecule is O=C1OC(c2ccc(Cl)c([N+](=O)[O-])c2)=NC1=Cc1cccs1. The molecule has 2 heterocycles. The maximum absolute atomic E-state index is 11.8. The van der Waals surface area contributed by atoms with E-state index in [0.29, 0.717) is 5.56 Å². The Morgan fingerprint density at radius 2 is 2.18 bits per heavy atom. The Morgan fingerprint density at radius 3 is 2.86 bits per heavy atom. The lowest BCUT2D eigenvalue weighted by Crippen LogP contribution is -2.06. The van der Waals surface area contributed by atoms with Gasteiger partial charge in [0.05, 0.1) is 4.92 Å². The van der Waals surface area contributed by atoms with Crippen molar-refractivity contribution >= 4 is 46.6 Å². The van der Waals surface area contributed by atoms with Crippen LogP contribution < -0.4 is 0 Å². The van der Waals surface area contributed by atoms with E-state index in [0.717, 1.165) is 4.88 Å². The Kier molecular flexibility index (Phi) is 3.74. The lowest BCUT2D eigenvalue weighted by molar-refractivity contribution is -0.384. The summed E-state index contributed by atoms with van der Waals surface area (Å²) in [5.41, 5.74) is 0.197. The van der Waals surface area contributed by atoms with E-state index in [-0.39, 0.29) is 22.3 Å². The summed E-state index contributed by atoms with van der Waals surface area (Å²) in [6.07, 6.45) is 1.60. The van der Waals surface area contributed by atoms with E-state index in [1.165, 1.54) is 29.5 Å². The number of thiophene rings is 1. The number of halogens is 1. The van der Waals surface area contributed by atoms with Crippen LogP contribution in [-0.2, 0) is 9.53 Å². The first-order chi connectivity index (χ1) is 10.5. The summed E-state index contributed by atoms with van der Waals surface area (Å²) in [6, 6.07) is 7.79. The fourth-order valence-electron chi connectivity index (χ4n) is 1.83. The highest BCUT2D eigenvalue weighted by molar-refractivity contribution is 7.10. The van der Waals surface area contributed by atoms with Crippen molar-refractivity contribution in [1.82, 2.24) is 0 Å². The summed E-state index contributed by atoms with van der Waals surface area (Å²) in [6.45, 7) is 0. The molecular weight excluding hydrogens is 328 g/mol. The van der Waals surface area contributed by atoms with Crippen molar-refractivity contribution in [2.75, 3.05) is 0 Å². The summed E-state index contributed by atoms with van der Waals surface area (Å²) >= 11 is 7.21. The van der Waals surface area contributed by atoms with Crippen molar-refractivity contribution in [2.45, 2.75) is 0 Å². The van der Waals surface area contributed by atoms with E-state index in [2.05, 4.69) is 4.99 Å². The van der Waals surface area contributed by atoms with Gasteiger partial charge in [0.25, 0.3) is 5.69 Å². The van der Waals surface area contributed by atoms with E-state index < -0.39 is 10.9 Å². The zero-order valence-corrected chi connectivity index (χ0v) is 12.4. The number of cyclic esters (lactones) is 1. The Bertz CT molecular complexity index is 827. The molecule has 0 fully saturated rings. The molecule has 0 aliphatic carbocycles. The van der Waals surface area contributed by atoms with Crippen LogP contribution in [0.4, 0.5) is 5.69 Å². The molecular formula is C14H7ClN2O4S. The number of aliphatic imine (C=N–C) groups is 1. The standard InChI is InChI=1S/C14H7ClN2O4S/c15-10-4-3-8(6-12(10)17(19)20)13-16-11(14(18)21-13)7-9-2-1-5-22-9/h1-7H. The van der Waals surface area contributed by atoms with Gasteiger partial charge in [0.15, 0.2) is 5.70 Å². The average Bonchev–Trinajstić information content (AvgIpc) is 3.10. The first kappa shape index (κ1) is 14.4. The van der Waals surface area contributed by atoms with Crippen molar-refractivity contribution in [3.63, 3.8) is 0 Å². The molecule has 1 aliphatic heterocycles. The predicted octanol–water partition coefficient (Wildman–Crippen LogP) is 3.65. The van der Waals surface area contributed by atoms with Crippen LogP contribution >= 0.6 is 22.9 Å². The van der Waals surface area contributed by atoms with Crippen LogP contribution in [-0.4, -0.2) is 16.8 Å². The number of hydrogen-bond acceptors (Lipinski definition) is 6. The minimum absolute atomic E-state index is 0.00743. The number of hydrogen-bond donors (Lipinski definition) is 0. The molecule has 0 saturated carbocycles. The predicted molar refractivity (Wildman–Crippen MR) is 83.0 cm³/mol. The number of carbonyl (C=O) groups is 1. The number of nitro benzene ring substituents is 1. The highest BCUT2D eigenvalue weighted by Gasteiger charge is 2.26. The number of esters is 1. The summed E-state index contributed by atoms with van der Waals surface area (Å²) in [5, 5.41) is 12.8. The second-order valence-electron chi connectivity index (χ2n) is 4.27. The van der Waals surface area contributed by atoms with Gasteiger partial charge in [-0.3, -0.25) is 10.1 Å². The maximum Gasteiger partial charge on any atom is 0.363 e. The monoisotopic (exact) mass is 334 g/mol. The van der Waals surface area contributed by atoms with Gasteiger partial charge in [-0.2, -0.15) is 0 Å². The van der Waals surface area contributed by atoms with Crippen molar-refractivity contribution in [2.24, 2.45) is 4.99 Å². The molecule has 8 heteroatoms. The van der Waals surface area contributed by atoms with E-state index >= 15 is 0 Å². The first-order valence-electron chi connectivity index (χ1n) is 6.05. The van der Waals surface area contributed by atoms with Crippen LogP contribution in [0.5, 0.6) is 0 Å². The summed E-state index contributed by atoms with van der Waals surface area (Å²) < 4.78 is 5.07. The van der Waals surface area contributed by atoms with Gasteiger partial charge >= 0.3 is 5.97 Å². The van der Waals surface area contributed by atoms with E-state index in [4.69, 9.17) is 16.3 Å². The number of nitro groups is 1. The number of rotatable bonds is 3. The van der Waals surface area contributed by atoms with Gasteiger partial charge in [0.2, 0.25) is 5.90 Å². The highest BCUT2D eigenvalue weighted by Crippen LogP contribution is 2.27. The average molecular weight is 335 g/mol. The van der Waals surface area contributed by atoms with Gasteiger partial charge in [-0.1, -0.05) is 17.7 Å². The molecule has 0 atom stereocenters. The van der Waals surface area contributed by atoms with Crippen LogP contribution in [0.3, 0.4) is 0 Å². The molecule has 110 valence electrons. The lowest BCUT2D eigenvalue weighted by atomic mass is 10.2. The number of benzene rings is 1. The molecule has 0 amide bonds. The largest absolute Gasteiger partial charge is 0.402 e. The fraction of sp³-hybridized carbons (Fsp3) is 0. The normalized spacial score (nSPS) is 15.8. The number of ether oxygens (including phenoxy) is 1. The van der Waals surface area contributed by atoms with Gasteiger partial charge in [-0.05, 0) is 29.7 Å². The third-order valence-electron chi connectivity index (χ3n) is 2.83. The molecule has 0 spiro atoms. The van der Waals surface area contributed by atoms with Crippen LogP contribution in [0, 0.1) is 10.1 Å². The Morgan fingerprint density at radius 1 is 1.36 bits per heavy atom. The molecule has 0 unspecified atom stereocenters. The van der Waals surface area contributed by atoms with Gasteiger partial charge in [-0.15, -0.1) is 11.3 Å². The van der Waals surface area contributed by atoms with Crippen molar-refractivity contribution in [3.8, 4) is 0 Å². The molecule has 1 aromatic heterocycles. The molecule has 0 bridgehead atoms. The van der Waals surface area contributed by atoms with Gasteiger partial charge in [0, 0.05) is 16.5 Å². The highest BCUT2D eigenvalue weighted by atomic mass is 35.5. The van der Waals surface area contributed by atoms with Crippen molar-refractivity contribution in [3.05, 3.63) is 67.0 Å². The second-order valence-corrected chi connectivity index (χ2v) is 5.66. The number of nitrogens with zero attached hydrogens (tertiary/aromatic N) is 2. The molecule has 0 radical (unpaired) electrons. The minimum atomic E-state index is -0.606. The van der Waals surface area contributed by atoms with Crippen molar-refractivity contribution < 1.29 is 14.5 Å². The summed E-state index contributed by atoms with van der Waals surface area (Å²) in [7, 11) is 0. The molecule has 0 N–H and O–H groups in total. The lowest BCUT2D eigenvalue weighted by Gasteiger charge is -2.00. The summed E-state index contributed by atoms with van der Waals surface area (Å²) in [5.74, 6) is -0.575. The maximum atomic E-state index is 11.8. The molecule has 2 aromatic rings. The first-order valence-corrected chi connectivity index (χ1v) is 7.31. The van der Waals surface area contributed by atoms with Gasteiger partial charge < -0.3 is 4.74 Å². The molecule has 6 nitrogen and oxygen atoms in total. The molecule has 3 rings (SSSR count). The van der Waals surface area contributed by atoms with Crippen molar-refractivity contribution in [1.29, 1.82) is 0 Å². The second kappa shape index (κ2) is 5.70. The third kappa shape index (κ3) is 2.76. The zero-order valence-electron chi connectivity index (χ0n) is 10.9. The van der Waals surface area contributed by atoms with Gasteiger partial charge in [0.1, 0.15) is 5.02 Å². The fourth-order valence-corrected chi connectivity index (χ4v) is 2.66. The van der Waals surface area contributed by atoms with Crippen LogP contribution in [0.25, 0.3) is 6.08 Å². The minimum Gasteiger partial charge on any atom is -0.402 e.